The van der Waals surface area contributed by atoms with Crippen molar-refractivity contribution in [3.63, 3.8) is 0 Å². The summed E-state index contributed by atoms with van der Waals surface area (Å²) in [6, 6.07) is 5.97. The van der Waals surface area contributed by atoms with Gasteiger partial charge in [-0.15, -0.1) is 0 Å². The maximum absolute atomic E-state index is 13.4. The van der Waals surface area contributed by atoms with Gasteiger partial charge in [-0.2, -0.15) is 0 Å². The minimum atomic E-state index is -0.380. The molecule has 1 N–H and O–H groups in total. The van der Waals surface area contributed by atoms with Crippen LogP contribution in [0.15, 0.2) is 30.5 Å². The van der Waals surface area contributed by atoms with Crippen molar-refractivity contribution >= 4 is 17.5 Å². The number of aliphatic hydroxyl groups is 1. The topological polar surface area (TPSA) is 69.6 Å². The van der Waals surface area contributed by atoms with Crippen LogP contribution in [0.25, 0.3) is 0 Å². The van der Waals surface area contributed by atoms with Crippen LogP contribution >= 0.6 is 0 Å². The highest BCUT2D eigenvalue weighted by molar-refractivity contribution is 6.09. The summed E-state index contributed by atoms with van der Waals surface area (Å²) in [5.74, 6) is -0.0133. The first-order valence-electron chi connectivity index (χ1n) is 7.98. The van der Waals surface area contributed by atoms with Gasteiger partial charge < -0.3 is 14.9 Å². The van der Waals surface area contributed by atoms with Gasteiger partial charge in [-0.25, -0.2) is 14.4 Å². The summed E-state index contributed by atoms with van der Waals surface area (Å²) in [4.78, 5) is 24.9. The van der Waals surface area contributed by atoms with Gasteiger partial charge in [0.2, 0.25) is 5.95 Å². The van der Waals surface area contributed by atoms with E-state index in [1.54, 1.807) is 18.3 Å². The summed E-state index contributed by atoms with van der Waals surface area (Å²) in [6.07, 6.45) is 2.66. The van der Waals surface area contributed by atoms with Gasteiger partial charge in [0.25, 0.3) is 5.91 Å². The zero-order valence-electron chi connectivity index (χ0n) is 13.0. The maximum Gasteiger partial charge on any atom is 0.262 e. The Balaban J connectivity index is 1.59. The molecule has 0 bridgehead atoms. The quantitative estimate of drug-likeness (QED) is 0.909. The molecule has 0 atom stereocenters. The molecule has 0 spiro atoms. The normalized spacial score (nSPS) is 18.2. The number of piperidine rings is 1. The molecule has 7 heteroatoms. The summed E-state index contributed by atoms with van der Waals surface area (Å²) in [7, 11) is 0. The number of aliphatic hydroxyl groups excluding tert-OH is 1. The van der Waals surface area contributed by atoms with E-state index in [1.165, 1.54) is 17.0 Å². The SMILES string of the molecule is O=C1c2cnc(N3CCC(O)CC3)nc2CN1c1cccc(F)c1. The molecular weight excluding hydrogens is 311 g/mol. The number of hydrogen-bond acceptors (Lipinski definition) is 5. The van der Waals surface area contributed by atoms with Crippen molar-refractivity contribution in [2.75, 3.05) is 22.9 Å². The summed E-state index contributed by atoms with van der Waals surface area (Å²) < 4.78 is 13.4. The monoisotopic (exact) mass is 328 g/mol. The third kappa shape index (κ3) is 2.60. The van der Waals surface area contributed by atoms with E-state index in [2.05, 4.69) is 9.97 Å². The number of anilines is 2. The van der Waals surface area contributed by atoms with Gasteiger partial charge in [-0.05, 0) is 31.0 Å². The first-order chi connectivity index (χ1) is 11.6. The molecular formula is C17H17FN4O2. The first-order valence-corrected chi connectivity index (χ1v) is 7.98. The molecule has 2 aliphatic rings. The highest BCUT2D eigenvalue weighted by atomic mass is 19.1. The van der Waals surface area contributed by atoms with Gasteiger partial charge in [-0.1, -0.05) is 6.07 Å². The van der Waals surface area contributed by atoms with Crippen molar-refractivity contribution in [2.45, 2.75) is 25.5 Å². The van der Waals surface area contributed by atoms with Gasteiger partial charge in [0.05, 0.1) is 23.9 Å². The van der Waals surface area contributed by atoms with Gasteiger partial charge in [0, 0.05) is 25.0 Å². The zero-order valence-corrected chi connectivity index (χ0v) is 13.0. The summed E-state index contributed by atoms with van der Waals surface area (Å²) in [5, 5.41) is 9.60. The lowest BCUT2D eigenvalue weighted by Crippen LogP contribution is -2.37. The molecule has 0 unspecified atom stereocenters. The predicted octanol–water partition coefficient (Wildman–Crippen LogP) is 1.74. The molecule has 6 nitrogen and oxygen atoms in total. The second-order valence-corrected chi connectivity index (χ2v) is 6.12. The second-order valence-electron chi connectivity index (χ2n) is 6.12. The molecule has 1 aromatic carbocycles. The molecule has 2 aliphatic heterocycles. The van der Waals surface area contributed by atoms with E-state index >= 15 is 0 Å². The Labute approximate surface area is 138 Å². The number of halogens is 1. The Hall–Kier alpha value is -2.54. The Kier molecular flexibility index (Phi) is 3.65. The summed E-state index contributed by atoms with van der Waals surface area (Å²) in [5.41, 5.74) is 1.63. The van der Waals surface area contributed by atoms with Crippen LogP contribution in [0.2, 0.25) is 0 Å². The van der Waals surface area contributed by atoms with E-state index < -0.39 is 0 Å². The van der Waals surface area contributed by atoms with Gasteiger partial charge in [0.1, 0.15) is 5.82 Å². The van der Waals surface area contributed by atoms with E-state index in [-0.39, 0.29) is 17.8 Å². The van der Waals surface area contributed by atoms with Gasteiger partial charge in [-0.3, -0.25) is 4.79 Å². The molecule has 0 aliphatic carbocycles. The molecule has 0 radical (unpaired) electrons. The molecule has 1 aromatic heterocycles. The van der Waals surface area contributed by atoms with Crippen LogP contribution in [0.1, 0.15) is 28.9 Å². The molecule has 4 rings (SSSR count). The largest absolute Gasteiger partial charge is 0.393 e. The van der Waals surface area contributed by atoms with Crippen molar-refractivity contribution in [1.29, 1.82) is 0 Å². The maximum atomic E-state index is 13.4. The lowest BCUT2D eigenvalue weighted by molar-refractivity contribution is 0.0996. The van der Waals surface area contributed by atoms with E-state index in [0.717, 1.165) is 0 Å². The Morgan fingerprint density at radius 3 is 2.79 bits per heavy atom. The van der Waals surface area contributed by atoms with Crippen LogP contribution in [0.3, 0.4) is 0 Å². The molecule has 1 amide bonds. The average molecular weight is 328 g/mol. The number of rotatable bonds is 2. The fourth-order valence-electron chi connectivity index (χ4n) is 3.14. The summed E-state index contributed by atoms with van der Waals surface area (Å²) >= 11 is 0. The number of benzene rings is 1. The van der Waals surface area contributed by atoms with Crippen LogP contribution in [-0.4, -0.2) is 40.2 Å². The highest BCUT2D eigenvalue weighted by Crippen LogP contribution is 2.28. The van der Waals surface area contributed by atoms with Gasteiger partial charge >= 0.3 is 0 Å². The Morgan fingerprint density at radius 2 is 2.04 bits per heavy atom. The van der Waals surface area contributed by atoms with E-state index in [9.17, 15) is 14.3 Å². The van der Waals surface area contributed by atoms with E-state index in [0.29, 0.717) is 55.4 Å². The van der Waals surface area contributed by atoms with Crippen molar-refractivity contribution in [3.05, 3.63) is 47.5 Å². The molecule has 3 heterocycles. The molecule has 1 fully saturated rings. The molecule has 124 valence electrons. The molecule has 2 aromatic rings. The lowest BCUT2D eigenvalue weighted by atomic mass is 10.1. The number of hydrogen-bond donors (Lipinski definition) is 1. The van der Waals surface area contributed by atoms with Gasteiger partial charge in [0.15, 0.2) is 0 Å². The predicted molar refractivity (Wildman–Crippen MR) is 86.4 cm³/mol. The number of fused-ring (bicyclic) bond motifs is 1. The van der Waals surface area contributed by atoms with E-state index in [4.69, 9.17) is 0 Å². The number of carbonyl (C=O) groups excluding carboxylic acids is 1. The fourth-order valence-corrected chi connectivity index (χ4v) is 3.14. The van der Waals surface area contributed by atoms with E-state index in [1.807, 2.05) is 4.90 Å². The van der Waals surface area contributed by atoms with Crippen LogP contribution in [0, 0.1) is 5.82 Å². The number of aromatic nitrogens is 2. The minimum absolute atomic E-state index is 0.212. The smallest absolute Gasteiger partial charge is 0.262 e. The Morgan fingerprint density at radius 1 is 1.25 bits per heavy atom. The number of nitrogens with zero attached hydrogens (tertiary/aromatic N) is 4. The standard InChI is InChI=1S/C17H17FN4O2/c18-11-2-1-3-12(8-11)22-10-15-14(16(22)24)9-19-17(20-15)21-6-4-13(23)5-7-21/h1-3,8-9,13,23H,4-7,10H2. The molecule has 0 saturated carbocycles. The Bertz CT molecular complexity index is 790. The van der Waals surface area contributed by atoms with Crippen molar-refractivity contribution < 1.29 is 14.3 Å². The van der Waals surface area contributed by atoms with Crippen molar-refractivity contribution in [3.8, 4) is 0 Å². The fraction of sp³-hybridized carbons (Fsp3) is 0.353. The average Bonchev–Trinajstić information content (AvgIpc) is 2.92. The third-order valence-electron chi connectivity index (χ3n) is 4.51. The highest BCUT2D eigenvalue weighted by Gasteiger charge is 2.31. The molecule has 24 heavy (non-hydrogen) atoms. The van der Waals surface area contributed by atoms with Crippen LogP contribution in [0.4, 0.5) is 16.0 Å². The van der Waals surface area contributed by atoms with Crippen molar-refractivity contribution in [1.82, 2.24) is 9.97 Å². The van der Waals surface area contributed by atoms with Crippen molar-refractivity contribution in [2.24, 2.45) is 0 Å². The number of amides is 1. The van der Waals surface area contributed by atoms with Crippen LogP contribution in [-0.2, 0) is 6.54 Å². The van der Waals surface area contributed by atoms with Crippen LogP contribution < -0.4 is 9.80 Å². The minimum Gasteiger partial charge on any atom is -0.393 e. The molecule has 1 saturated heterocycles. The number of carbonyl (C=O) groups is 1. The zero-order chi connectivity index (χ0) is 16.7. The van der Waals surface area contributed by atoms with Crippen LogP contribution in [0.5, 0.6) is 0 Å². The summed E-state index contributed by atoms with van der Waals surface area (Å²) in [6.45, 7) is 1.70. The lowest BCUT2D eigenvalue weighted by Gasteiger charge is -2.29. The third-order valence-corrected chi connectivity index (χ3v) is 4.51. The first kappa shape index (κ1) is 15.0. The second kappa shape index (κ2) is 5.83.